The Hall–Kier alpha value is -1.41. The lowest BCUT2D eigenvalue weighted by molar-refractivity contribution is 0.911. The normalized spacial score (nSPS) is 12.4. The molecule has 16 heavy (non-hydrogen) atoms. The number of aromatic nitrogens is 2. The van der Waals surface area contributed by atoms with Gasteiger partial charge in [0, 0.05) is 18.0 Å². The maximum Gasteiger partial charge on any atom is 0.145 e. The fourth-order valence-corrected chi connectivity index (χ4v) is 1.55. The van der Waals surface area contributed by atoms with Crippen molar-refractivity contribution in [3.63, 3.8) is 0 Å². The van der Waals surface area contributed by atoms with Gasteiger partial charge in [-0.3, -0.25) is 0 Å². The Morgan fingerprint density at radius 2 is 1.56 bits per heavy atom. The Labute approximate surface area is 100 Å². The molecule has 0 aliphatic rings. The second-order valence-corrected chi connectivity index (χ2v) is 4.47. The third-order valence-electron chi connectivity index (χ3n) is 2.41. The average molecular weight is 233 g/mol. The van der Waals surface area contributed by atoms with E-state index in [-0.39, 0.29) is 5.38 Å². The van der Waals surface area contributed by atoms with E-state index in [1.165, 1.54) is 5.56 Å². The number of benzene rings is 1. The largest absolute Gasteiger partial charge is 0.239 e. The molecule has 0 saturated carbocycles. The van der Waals surface area contributed by atoms with Crippen molar-refractivity contribution in [3.8, 4) is 11.1 Å². The summed E-state index contributed by atoms with van der Waals surface area (Å²) in [6, 6.07) is 8.29. The minimum Gasteiger partial charge on any atom is -0.239 e. The van der Waals surface area contributed by atoms with E-state index in [0.717, 1.165) is 11.1 Å². The zero-order valence-corrected chi connectivity index (χ0v) is 10.1. The summed E-state index contributed by atoms with van der Waals surface area (Å²) >= 11 is 5.90. The molecule has 1 aromatic heterocycles. The number of halogens is 1. The molecule has 0 aliphatic heterocycles. The van der Waals surface area contributed by atoms with E-state index in [1.54, 1.807) is 0 Å². The van der Waals surface area contributed by atoms with Gasteiger partial charge in [0.2, 0.25) is 0 Å². The standard InChI is InChI=1S/C13H13ClN2/c1-9-3-5-11(6-4-9)12-7-15-13(10(2)14)16-8-12/h3-8,10H,1-2H3. The van der Waals surface area contributed by atoms with E-state index >= 15 is 0 Å². The Morgan fingerprint density at radius 1 is 1.00 bits per heavy atom. The Bertz CT molecular complexity index is 460. The molecule has 2 rings (SSSR count). The molecule has 0 N–H and O–H groups in total. The molecule has 2 aromatic rings. The molecule has 0 saturated heterocycles. The van der Waals surface area contributed by atoms with Crippen LogP contribution in [0, 0.1) is 6.92 Å². The van der Waals surface area contributed by atoms with Crippen LogP contribution in [0.1, 0.15) is 23.7 Å². The summed E-state index contributed by atoms with van der Waals surface area (Å²) in [4.78, 5) is 8.47. The van der Waals surface area contributed by atoms with Gasteiger partial charge in [-0.1, -0.05) is 29.8 Å². The van der Waals surface area contributed by atoms with Gasteiger partial charge in [0.1, 0.15) is 5.82 Å². The Balaban J connectivity index is 2.31. The van der Waals surface area contributed by atoms with Gasteiger partial charge in [-0.25, -0.2) is 9.97 Å². The van der Waals surface area contributed by atoms with Crippen LogP contribution in [0.2, 0.25) is 0 Å². The zero-order valence-electron chi connectivity index (χ0n) is 9.31. The second kappa shape index (κ2) is 4.62. The molecule has 0 spiro atoms. The number of aryl methyl sites for hydroxylation is 1. The van der Waals surface area contributed by atoms with Gasteiger partial charge in [0.25, 0.3) is 0 Å². The van der Waals surface area contributed by atoms with Crippen LogP contribution in [0.5, 0.6) is 0 Å². The number of nitrogens with zero attached hydrogens (tertiary/aromatic N) is 2. The second-order valence-electron chi connectivity index (χ2n) is 3.81. The smallest absolute Gasteiger partial charge is 0.145 e. The van der Waals surface area contributed by atoms with Gasteiger partial charge < -0.3 is 0 Å². The van der Waals surface area contributed by atoms with Crippen LogP contribution >= 0.6 is 11.6 Å². The molecule has 3 heteroatoms. The fourth-order valence-electron chi connectivity index (χ4n) is 1.44. The number of hydrogen-bond donors (Lipinski definition) is 0. The van der Waals surface area contributed by atoms with Gasteiger partial charge >= 0.3 is 0 Å². The number of hydrogen-bond acceptors (Lipinski definition) is 2. The average Bonchev–Trinajstić information content (AvgIpc) is 2.30. The molecule has 1 atom stereocenters. The summed E-state index contributed by atoms with van der Waals surface area (Å²) in [5, 5.41) is -0.146. The molecular weight excluding hydrogens is 220 g/mol. The molecule has 0 radical (unpaired) electrons. The highest BCUT2D eigenvalue weighted by molar-refractivity contribution is 6.20. The first-order valence-electron chi connectivity index (χ1n) is 5.20. The van der Waals surface area contributed by atoms with Crippen molar-refractivity contribution < 1.29 is 0 Å². The van der Waals surface area contributed by atoms with Gasteiger partial charge in [-0.15, -0.1) is 11.6 Å². The van der Waals surface area contributed by atoms with E-state index in [0.29, 0.717) is 5.82 Å². The lowest BCUT2D eigenvalue weighted by Crippen LogP contribution is -1.94. The van der Waals surface area contributed by atoms with Crippen molar-refractivity contribution in [1.29, 1.82) is 0 Å². The molecule has 1 unspecified atom stereocenters. The predicted molar refractivity (Wildman–Crippen MR) is 66.5 cm³/mol. The Morgan fingerprint density at radius 3 is 2.06 bits per heavy atom. The first-order chi connectivity index (χ1) is 7.66. The summed E-state index contributed by atoms with van der Waals surface area (Å²) in [5.41, 5.74) is 3.39. The molecule has 1 heterocycles. The van der Waals surface area contributed by atoms with Crippen LogP contribution in [0.15, 0.2) is 36.7 Å². The van der Waals surface area contributed by atoms with Crippen LogP contribution in [-0.2, 0) is 0 Å². The third kappa shape index (κ3) is 2.39. The molecule has 1 aromatic carbocycles. The molecule has 82 valence electrons. The number of alkyl halides is 1. The van der Waals surface area contributed by atoms with Crippen molar-refractivity contribution in [1.82, 2.24) is 9.97 Å². The fraction of sp³-hybridized carbons (Fsp3) is 0.231. The van der Waals surface area contributed by atoms with E-state index in [2.05, 4.69) is 41.2 Å². The first-order valence-corrected chi connectivity index (χ1v) is 5.63. The van der Waals surface area contributed by atoms with Crippen LogP contribution in [0.25, 0.3) is 11.1 Å². The summed E-state index contributed by atoms with van der Waals surface area (Å²) in [6.07, 6.45) is 3.62. The van der Waals surface area contributed by atoms with Crippen LogP contribution in [0.4, 0.5) is 0 Å². The molecule has 0 aliphatic carbocycles. The van der Waals surface area contributed by atoms with Gasteiger partial charge in [0.05, 0.1) is 5.38 Å². The summed E-state index contributed by atoms with van der Waals surface area (Å²) in [6.45, 7) is 3.93. The van der Waals surface area contributed by atoms with E-state index in [9.17, 15) is 0 Å². The highest BCUT2D eigenvalue weighted by Crippen LogP contribution is 2.20. The molecule has 2 nitrogen and oxygen atoms in total. The van der Waals surface area contributed by atoms with Crippen molar-refractivity contribution >= 4 is 11.6 Å². The van der Waals surface area contributed by atoms with Crippen LogP contribution in [-0.4, -0.2) is 9.97 Å². The SMILES string of the molecule is Cc1ccc(-c2cnc(C(C)Cl)nc2)cc1. The summed E-state index contributed by atoms with van der Waals surface area (Å²) in [7, 11) is 0. The number of rotatable bonds is 2. The van der Waals surface area contributed by atoms with Crippen molar-refractivity contribution in [2.45, 2.75) is 19.2 Å². The summed E-state index contributed by atoms with van der Waals surface area (Å²) in [5.74, 6) is 0.664. The van der Waals surface area contributed by atoms with E-state index in [1.807, 2.05) is 19.3 Å². The van der Waals surface area contributed by atoms with Crippen LogP contribution < -0.4 is 0 Å². The lowest BCUT2D eigenvalue weighted by Gasteiger charge is -2.04. The zero-order chi connectivity index (χ0) is 11.5. The lowest BCUT2D eigenvalue weighted by atomic mass is 10.1. The highest BCUT2D eigenvalue weighted by atomic mass is 35.5. The molecular formula is C13H13ClN2. The van der Waals surface area contributed by atoms with E-state index in [4.69, 9.17) is 11.6 Å². The third-order valence-corrected chi connectivity index (χ3v) is 2.61. The molecule has 0 amide bonds. The van der Waals surface area contributed by atoms with Gasteiger partial charge in [-0.05, 0) is 19.4 Å². The van der Waals surface area contributed by atoms with Gasteiger partial charge in [0.15, 0.2) is 0 Å². The van der Waals surface area contributed by atoms with Gasteiger partial charge in [-0.2, -0.15) is 0 Å². The highest BCUT2D eigenvalue weighted by Gasteiger charge is 2.04. The predicted octanol–water partition coefficient (Wildman–Crippen LogP) is 3.75. The van der Waals surface area contributed by atoms with Crippen molar-refractivity contribution in [2.24, 2.45) is 0 Å². The topological polar surface area (TPSA) is 25.8 Å². The van der Waals surface area contributed by atoms with E-state index < -0.39 is 0 Å². The maximum absolute atomic E-state index is 5.90. The molecule has 0 bridgehead atoms. The summed E-state index contributed by atoms with van der Waals surface area (Å²) < 4.78 is 0. The van der Waals surface area contributed by atoms with Crippen molar-refractivity contribution in [3.05, 3.63) is 48.0 Å². The van der Waals surface area contributed by atoms with Crippen LogP contribution in [0.3, 0.4) is 0 Å². The maximum atomic E-state index is 5.90. The minimum absolute atomic E-state index is 0.146. The minimum atomic E-state index is -0.146. The first kappa shape index (κ1) is 11.1. The van der Waals surface area contributed by atoms with Crippen molar-refractivity contribution in [2.75, 3.05) is 0 Å². The quantitative estimate of drug-likeness (QED) is 0.737. The monoisotopic (exact) mass is 232 g/mol. The molecule has 0 fully saturated rings. The Kier molecular flexibility index (Phi) is 3.20.